The van der Waals surface area contributed by atoms with Gasteiger partial charge in [0, 0.05) is 25.7 Å². The first-order chi connectivity index (χ1) is 47.5. The zero-order valence-electron chi connectivity index (χ0n) is 63.4. The Labute approximate surface area is 599 Å². The number of ether oxygens (including phenoxy) is 4. The fourth-order valence-corrected chi connectivity index (χ4v) is 13.3. The summed E-state index contributed by atoms with van der Waals surface area (Å²) in [4.78, 5) is 72.9. The highest BCUT2D eigenvalue weighted by Gasteiger charge is 2.30. The number of carbonyl (C=O) groups excluding carboxylic acids is 4. The van der Waals surface area contributed by atoms with Gasteiger partial charge in [-0.2, -0.15) is 0 Å². The number of phosphoric ester groups is 2. The number of aliphatic hydroxyl groups excluding tert-OH is 1. The normalized spacial score (nSPS) is 14.1. The lowest BCUT2D eigenvalue weighted by molar-refractivity contribution is -0.161. The number of carbonyl (C=O) groups is 4. The van der Waals surface area contributed by atoms with E-state index in [0.29, 0.717) is 25.7 Å². The summed E-state index contributed by atoms with van der Waals surface area (Å²) in [5.74, 6) is -1.34. The second kappa shape index (κ2) is 71.5. The van der Waals surface area contributed by atoms with Crippen LogP contribution in [0.2, 0.25) is 0 Å². The van der Waals surface area contributed by atoms with E-state index in [-0.39, 0.29) is 25.7 Å². The quantitative estimate of drug-likeness (QED) is 0.0169. The van der Waals surface area contributed by atoms with Crippen molar-refractivity contribution in [2.75, 3.05) is 39.6 Å². The Morgan fingerprint density at radius 2 is 0.551 bits per heavy atom. The number of allylic oxidation sites excluding steroid dienone is 4. The zero-order chi connectivity index (χ0) is 71.9. The summed E-state index contributed by atoms with van der Waals surface area (Å²) in [6.45, 7) is 7.28. The fraction of sp³-hybridized carbons (Fsp3) is 0.899. The molecule has 3 N–H and O–H groups in total. The van der Waals surface area contributed by atoms with E-state index in [1.54, 1.807) is 0 Å². The minimum Gasteiger partial charge on any atom is -0.462 e. The lowest BCUT2D eigenvalue weighted by Crippen LogP contribution is -2.30. The number of aliphatic hydroxyl groups is 1. The molecule has 0 saturated carbocycles. The third-order valence-electron chi connectivity index (χ3n) is 17.9. The van der Waals surface area contributed by atoms with Gasteiger partial charge in [0.2, 0.25) is 0 Å². The van der Waals surface area contributed by atoms with Gasteiger partial charge in [0.05, 0.1) is 26.4 Å². The van der Waals surface area contributed by atoms with E-state index in [1.165, 1.54) is 199 Å². The van der Waals surface area contributed by atoms with Crippen molar-refractivity contribution in [1.29, 1.82) is 0 Å². The van der Waals surface area contributed by atoms with Crippen LogP contribution in [0, 0.1) is 5.92 Å². The smallest absolute Gasteiger partial charge is 0.462 e. The van der Waals surface area contributed by atoms with E-state index < -0.39 is 97.5 Å². The number of hydrogen-bond acceptors (Lipinski definition) is 15. The third kappa shape index (κ3) is 71.9. The van der Waals surface area contributed by atoms with Crippen molar-refractivity contribution in [3.8, 4) is 0 Å². The van der Waals surface area contributed by atoms with Gasteiger partial charge in [-0.05, 0) is 57.3 Å². The SMILES string of the molecule is CCCCCC/C=C\C=C/CCCCCCCC(=O)OC[C@H](COP(=O)(O)OC[C@@H](O)COP(=O)(O)OC[C@@H](COC(=O)CCCCCCCCCCCCC)OC(=O)CCCCCCCCCCCCCCCC)OC(=O)CCCCCCCCCCCCCCCCCC(C)C. The molecule has 0 aliphatic heterocycles. The fourth-order valence-electron chi connectivity index (χ4n) is 11.7. The van der Waals surface area contributed by atoms with Gasteiger partial charge in [0.25, 0.3) is 0 Å². The first kappa shape index (κ1) is 95.5. The molecule has 19 heteroatoms. The molecule has 98 heavy (non-hydrogen) atoms. The Morgan fingerprint density at radius 3 is 0.837 bits per heavy atom. The number of rotatable bonds is 77. The molecule has 0 spiro atoms. The second-order valence-corrected chi connectivity index (χ2v) is 31.2. The van der Waals surface area contributed by atoms with Crippen LogP contribution < -0.4 is 0 Å². The summed E-state index contributed by atoms with van der Waals surface area (Å²) in [7, 11) is -9.93. The molecular formula is C79H150O17P2. The van der Waals surface area contributed by atoms with Gasteiger partial charge in [-0.25, -0.2) is 9.13 Å². The molecule has 5 atom stereocenters. The van der Waals surface area contributed by atoms with Crippen LogP contribution in [0.3, 0.4) is 0 Å². The molecule has 578 valence electrons. The van der Waals surface area contributed by atoms with Crippen molar-refractivity contribution in [2.45, 2.75) is 412 Å². The Hall–Kier alpha value is -2.46. The van der Waals surface area contributed by atoms with Gasteiger partial charge in [0.15, 0.2) is 12.2 Å². The van der Waals surface area contributed by atoms with Gasteiger partial charge in [-0.1, -0.05) is 341 Å². The highest BCUT2D eigenvalue weighted by Crippen LogP contribution is 2.45. The van der Waals surface area contributed by atoms with Crippen molar-refractivity contribution < 1.29 is 80.2 Å². The van der Waals surface area contributed by atoms with Crippen molar-refractivity contribution in [3.63, 3.8) is 0 Å². The van der Waals surface area contributed by atoms with Crippen molar-refractivity contribution in [3.05, 3.63) is 24.3 Å². The average Bonchev–Trinajstić information content (AvgIpc) is 1.10. The first-order valence-electron chi connectivity index (χ1n) is 40.5. The summed E-state index contributed by atoms with van der Waals surface area (Å²) in [6.07, 6.45) is 64.4. The lowest BCUT2D eigenvalue weighted by atomic mass is 10.0. The molecule has 2 unspecified atom stereocenters. The van der Waals surface area contributed by atoms with E-state index in [0.717, 1.165) is 115 Å². The van der Waals surface area contributed by atoms with Gasteiger partial charge in [-0.3, -0.25) is 37.3 Å². The monoisotopic (exact) mass is 1430 g/mol. The Balaban J connectivity index is 5.28. The third-order valence-corrected chi connectivity index (χ3v) is 19.8. The average molecular weight is 1430 g/mol. The highest BCUT2D eigenvalue weighted by molar-refractivity contribution is 7.47. The molecular weight excluding hydrogens is 1280 g/mol. The summed E-state index contributed by atoms with van der Waals surface area (Å²) in [6, 6.07) is 0. The molecule has 0 aromatic heterocycles. The van der Waals surface area contributed by atoms with Crippen LogP contribution in [0.25, 0.3) is 0 Å². The molecule has 0 rings (SSSR count). The van der Waals surface area contributed by atoms with Crippen LogP contribution in [0.5, 0.6) is 0 Å². The van der Waals surface area contributed by atoms with Crippen LogP contribution in [-0.4, -0.2) is 96.7 Å². The Morgan fingerprint density at radius 1 is 0.316 bits per heavy atom. The first-order valence-corrected chi connectivity index (χ1v) is 43.4. The van der Waals surface area contributed by atoms with Crippen LogP contribution in [0.4, 0.5) is 0 Å². The topological polar surface area (TPSA) is 237 Å². The van der Waals surface area contributed by atoms with E-state index in [4.69, 9.17) is 37.0 Å². The molecule has 0 bridgehead atoms. The summed E-state index contributed by atoms with van der Waals surface area (Å²) < 4.78 is 68.6. The number of hydrogen-bond donors (Lipinski definition) is 3. The molecule has 0 fully saturated rings. The van der Waals surface area contributed by atoms with E-state index >= 15 is 0 Å². The predicted octanol–water partition coefficient (Wildman–Crippen LogP) is 23.2. The van der Waals surface area contributed by atoms with E-state index in [2.05, 4.69) is 58.9 Å². The van der Waals surface area contributed by atoms with Gasteiger partial charge in [0.1, 0.15) is 19.3 Å². The maximum absolute atomic E-state index is 13.1. The van der Waals surface area contributed by atoms with E-state index in [1.807, 2.05) is 0 Å². The van der Waals surface area contributed by atoms with Crippen LogP contribution in [0.15, 0.2) is 24.3 Å². The maximum atomic E-state index is 13.1. The van der Waals surface area contributed by atoms with E-state index in [9.17, 15) is 43.2 Å². The summed E-state index contributed by atoms with van der Waals surface area (Å²) in [5, 5.41) is 10.6. The van der Waals surface area contributed by atoms with Crippen LogP contribution >= 0.6 is 15.6 Å². The number of phosphoric acid groups is 2. The molecule has 17 nitrogen and oxygen atoms in total. The minimum absolute atomic E-state index is 0.101. The molecule has 0 radical (unpaired) electrons. The minimum atomic E-state index is -4.97. The Kier molecular flexibility index (Phi) is 69.7. The Bertz CT molecular complexity index is 1970. The molecule has 0 aromatic rings. The summed E-state index contributed by atoms with van der Waals surface area (Å²) >= 11 is 0. The van der Waals surface area contributed by atoms with Gasteiger partial charge >= 0.3 is 39.5 Å². The predicted molar refractivity (Wildman–Crippen MR) is 400 cm³/mol. The lowest BCUT2D eigenvalue weighted by Gasteiger charge is -2.21. The molecule has 0 aliphatic carbocycles. The van der Waals surface area contributed by atoms with Gasteiger partial charge in [-0.15, -0.1) is 0 Å². The molecule has 0 heterocycles. The van der Waals surface area contributed by atoms with Crippen molar-refractivity contribution in [1.82, 2.24) is 0 Å². The second-order valence-electron chi connectivity index (χ2n) is 28.2. The van der Waals surface area contributed by atoms with Gasteiger partial charge < -0.3 is 33.8 Å². The van der Waals surface area contributed by atoms with Crippen molar-refractivity contribution >= 4 is 39.5 Å². The number of unbranched alkanes of at least 4 members (excludes halogenated alkanes) is 46. The maximum Gasteiger partial charge on any atom is 0.472 e. The number of esters is 4. The molecule has 0 aromatic carbocycles. The standard InChI is InChI=1S/C79H150O17P2/c1-6-9-12-15-18-21-24-26-29-34-38-43-48-53-58-63-77(82)90-69-75(96-79(84)65-60-55-50-45-40-35-31-28-30-32-37-41-46-51-56-61-72(4)5)71-94-98(87,88)92-67-73(80)66-91-97(85,86)93-70-74(68-89-76(81)62-57-52-47-42-36-23-20-17-14-11-8-3)95-78(83)64-59-54-49-44-39-33-27-25-22-19-16-13-10-7-2/h21,24,26,29,72-75,80H,6-20,22-23,25,27-28,30-71H2,1-5H3,(H,85,86)(H,87,88)/b24-21-,29-26-/t73-,74+,75+/m0/s1. The largest absolute Gasteiger partial charge is 0.472 e. The summed E-state index contributed by atoms with van der Waals surface area (Å²) in [5.41, 5.74) is 0. The molecule has 0 saturated heterocycles. The highest BCUT2D eigenvalue weighted by atomic mass is 31.2. The molecule has 0 aliphatic rings. The zero-order valence-corrected chi connectivity index (χ0v) is 65.2. The van der Waals surface area contributed by atoms with Crippen LogP contribution in [0.1, 0.15) is 394 Å². The molecule has 0 amide bonds. The van der Waals surface area contributed by atoms with Crippen molar-refractivity contribution in [2.24, 2.45) is 5.92 Å². The van der Waals surface area contributed by atoms with Crippen LogP contribution in [-0.2, 0) is 65.4 Å².